The van der Waals surface area contributed by atoms with Gasteiger partial charge in [0.1, 0.15) is 5.69 Å². The van der Waals surface area contributed by atoms with Gasteiger partial charge < -0.3 is 10.6 Å². The first kappa shape index (κ1) is 16.1. The van der Waals surface area contributed by atoms with Gasteiger partial charge in [0.2, 0.25) is 0 Å². The molecule has 120 valence electrons. The Morgan fingerprint density at radius 3 is 2.57 bits per heavy atom. The van der Waals surface area contributed by atoms with Crippen molar-refractivity contribution in [3.8, 4) is 0 Å². The van der Waals surface area contributed by atoms with Crippen LogP contribution in [-0.2, 0) is 0 Å². The van der Waals surface area contributed by atoms with Crippen LogP contribution in [0.25, 0.3) is 0 Å². The highest BCUT2D eigenvalue weighted by atomic mass is 35.5. The lowest BCUT2D eigenvalue weighted by Gasteiger charge is -2.13. The van der Waals surface area contributed by atoms with Crippen LogP contribution in [-0.4, -0.2) is 16.9 Å². The van der Waals surface area contributed by atoms with E-state index in [0.717, 1.165) is 5.69 Å². The number of halogens is 2. The minimum atomic E-state index is -0.304. The zero-order chi connectivity index (χ0) is 16.2. The fraction of sp³-hybridized carbons (Fsp3) is 0.294. The molecule has 3 rings (SSSR count). The molecule has 23 heavy (non-hydrogen) atoms. The first-order valence-corrected chi connectivity index (χ1v) is 8.36. The van der Waals surface area contributed by atoms with Crippen LogP contribution in [0.2, 0.25) is 10.0 Å². The van der Waals surface area contributed by atoms with Gasteiger partial charge in [-0.2, -0.15) is 0 Å². The second-order valence-electron chi connectivity index (χ2n) is 5.64. The largest absolute Gasteiger partial charge is 0.381 e. The molecule has 0 radical (unpaired) electrons. The van der Waals surface area contributed by atoms with E-state index in [1.54, 1.807) is 30.5 Å². The van der Waals surface area contributed by atoms with E-state index in [9.17, 15) is 4.79 Å². The number of carbonyl (C=O) groups excluding carboxylic acids is 1. The Balaban J connectivity index is 1.65. The van der Waals surface area contributed by atoms with Crippen LogP contribution >= 0.6 is 23.2 Å². The first-order valence-electron chi connectivity index (χ1n) is 7.61. The highest BCUT2D eigenvalue weighted by Crippen LogP contribution is 2.26. The van der Waals surface area contributed by atoms with Crippen LogP contribution in [0.3, 0.4) is 0 Å². The molecular weight excluding hydrogens is 333 g/mol. The van der Waals surface area contributed by atoms with E-state index < -0.39 is 0 Å². The van der Waals surface area contributed by atoms with Crippen molar-refractivity contribution in [3.63, 3.8) is 0 Å². The second kappa shape index (κ2) is 7.20. The Bertz CT molecular complexity index is 697. The molecule has 6 heteroatoms. The Hall–Kier alpha value is -1.78. The molecule has 1 aromatic heterocycles. The van der Waals surface area contributed by atoms with E-state index in [1.165, 1.54) is 25.7 Å². The molecule has 1 heterocycles. The van der Waals surface area contributed by atoms with Gasteiger partial charge in [-0.25, -0.2) is 4.98 Å². The van der Waals surface area contributed by atoms with Crippen molar-refractivity contribution in [2.45, 2.75) is 31.7 Å². The number of anilines is 2. The fourth-order valence-corrected chi connectivity index (χ4v) is 3.15. The molecule has 4 nitrogen and oxygen atoms in total. The summed E-state index contributed by atoms with van der Waals surface area (Å²) < 4.78 is 0. The van der Waals surface area contributed by atoms with E-state index in [0.29, 0.717) is 27.5 Å². The highest BCUT2D eigenvalue weighted by molar-refractivity contribution is 6.36. The topological polar surface area (TPSA) is 54.0 Å². The van der Waals surface area contributed by atoms with Crippen molar-refractivity contribution in [1.29, 1.82) is 0 Å². The number of rotatable bonds is 4. The minimum Gasteiger partial charge on any atom is -0.381 e. The molecule has 2 aromatic rings. The Morgan fingerprint density at radius 1 is 1.13 bits per heavy atom. The number of nitrogens with one attached hydrogen (secondary N) is 2. The molecule has 0 unspecified atom stereocenters. The maximum atomic E-state index is 12.2. The van der Waals surface area contributed by atoms with Crippen molar-refractivity contribution < 1.29 is 4.79 Å². The van der Waals surface area contributed by atoms with Crippen LogP contribution in [0.15, 0.2) is 36.5 Å². The molecule has 1 aliphatic rings. The minimum absolute atomic E-state index is 0.304. The zero-order valence-corrected chi connectivity index (χ0v) is 14.0. The summed E-state index contributed by atoms with van der Waals surface area (Å²) in [6.07, 6.45) is 6.62. The molecule has 0 bridgehead atoms. The number of carbonyl (C=O) groups is 1. The van der Waals surface area contributed by atoms with E-state index in [-0.39, 0.29) is 5.91 Å². The van der Waals surface area contributed by atoms with E-state index in [2.05, 4.69) is 15.6 Å². The van der Waals surface area contributed by atoms with Crippen LogP contribution in [0.5, 0.6) is 0 Å². The third-order valence-corrected chi connectivity index (χ3v) is 4.45. The quantitative estimate of drug-likeness (QED) is 0.816. The summed E-state index contributed by atoms with van der Waals surface area (Å²) >= 11 is 11.9. The molecule has 1 fully saturated rings. The summed E-state index contributed by atoms with van der Waals surface area (Å²) in [5.74, 6) is -0.304. The average Bonchev–Trinajstić information content (AvgIpc) is 3.04. The predicted molar refractivity (Wildman–Crippen MR) is 94.5 cm³/mol. The van der Waals surface area contributed by atoms with Gasteiger partial charge in [-0.1, -0.05) is 36.0 Å². The average molecular weight is 350 g/mol. The van der Waals surface area contributed by atoms with E-state index in [4.69, 9.17) is 23.2 Å². The van der Waals surface area contributed by atoms with Gasteiger partial charge in [0.05, 0.1) is 22.6 Å². The number of nitrogens with zero attached hydrogens (tertiary/aromatic N) is 1. The smallest absolute Gasteiger partial charge is 0.274 e. The number of pyridine rings is 1. The van der Waals surface area contributed by atoms with Crippen LogP contribution < -0.4 is 10.6 Å². The molecular formula is C17H17Cl2N3O. The Labute approximate surface area is 145 Å². The SMILES string of the molecule is O=C(Nc1ccc(Cl)cc1Cl)c1ccc(NC2CCCC2)cn1. The molecule has 0 saturated heterocycles. The van der Waals surface area contributed by atoms with Crippen molar-refractivity contribution in [2.24, 2.45) is 0 Å². The lowest BCUT2D eigenvalue weighted by atomic mass is 10.2. The predicted octanol–water partition coefficient (Wildman–Crippen LogP) is 5.00. The Kier molecular flexibility index (Phi) is 5.03. The maximum absolute atomic E-state index is 12.2. The number of benzene rings is 1. The highest BCUT2D eigenvalue weighted by Gasteiger charge is 2.15. The summed E-state index contributed by atoms with van der Waals surface area (Å²) in [6, 6.07) is 9.02. The fourth-order valence-electron chi connectivity index (χ4n) is 2.70. The van der Waals surface area contributed by atoms with Crippen molar-refractivity contribution in [2.75, 3.05) is 10.6 Å². The van der Waals surface area contributed by atoms with E-state index in [1.807, 2.05) is 6.07 Å². The van der Waals surface area contributed by atoms with Gasteiger partial charge in [0.15, 0.2) is 0 Å². The lowest BCUT2D eigenvalue weighted by molar-refractivity contribution is 0.102. The standard InChI is InChI=1S/C17H17Cl2N3O/c18-11-5-7-15(14(19)9-11)22-17(23)16-8-6-13(10-20-16)21-12-3-1-2-4-12/h5-10,12,21H,1-4H2,(H,22,23). The van der Waals surface area contributed by atoms with Gasteiger partial charge in [-0.15, -0.1) is 0 Å². The third kappa shape index (κ3) is 4.15. The molecule has 0 aliphatic heterocycles. The molecule has 1 saturated carbocycles. The van der Waals surface area contributed by atoms with Crippen LogP contribution in [0.4, 0.5) is 11.4 Å². The van der Waals surface area contributed by atoms with E-state index >= 15 is 0 Å². The summed E-state index contributed by atoms with van der Waals surface area (Å²) in [5.41, 5.74) is 1.79. The second-order valence-corrected chi connectivity index (χ2v) is 6.48. The van der Waals surface area contributed by atoms with Gasteiger partial charge in [-0.05, 0) is 43.2 Å². The van der Waals surface area contributed by atoms with Gasteiger partial charge in [0, 0.05) is 11.1 Å². The summed E-state index contributed by atoms with van der Waals surface area (Å²) in [7, 11) is 0. The lowest BCUT2D eigenvalue weighted by Crippen LogP contribution is -2.16. The van der Waals surface area contributed by atoms with Crippen LogP contribution in [0, 0.1) is 0 Å². The Morgan fingerprint density at radius 2 is 1.91 bits per heavy atom. The molecule has 1 aromatic carbocycles. The van der Waals surface area contributed by atoms with Gasteiger partial charge in [0.25, 0.3) is 5.91 Å². The number of hydrogen-bond acceptors (Lipinski definition) is 3. The summed E-state index contributed by atoms with van der Waals surface area (Å²) in [6.45, 7) is 0. The monoisotopic (exact) mass is 349 g/mol. The molecule has 1 aliphatic carbocycles. The molecule has 0 atom stereocenters. The number of hydrogen-bond donors (Lipinski definition) is 2. The summed E-state index contributed by atoms with van der Waals surface area (Å²) in [4.78, 5) is 16.4. The maximum Gasteiger partial charge on any atom is 0.274 e. The van der Waals surface area contributed by atoms with Crippen LogP contribution in [0.1, 0.15) is 36.2 Å². The van der Waals surface area contributed by atoms with Crippen molar-refractivity contribution in [1.82, 2.24) is 4.98 Å². The normalized spacial score (nSPS) is 14.7. The number of aromatic nitrogens is 1. The van der Waals surface area contributed by atoms with Gasteiger partial charge >= 0.3 is 0 Å². The third-order valence-electron chi connectivity index (χ3n) is 3.90. The number of amides is 1. The summed E-state index contributed by atoms with van der Waals surface area (Å²) in [5, 5.41) is 7.09. The molecule has 1 amide bonds. The first-order chi connectivity index (χ1) is 11.1. The van der Waals surface area contributed by atoms with Crippen molar-refractivity contribution in [3.05, 3.63) is 52.3 Å². The molecule has 0 spiro atoms. The van der Waals surface area contributed by atoms with Gasteiger partial charge in [-0.3, -0.25) is 4.79 Å². The molecule has 2 N–H and O–H groups in total. The van der Waals surface area contributed by atoms with Crippen molar-refractivity contribution >= 4 is 40.5 Å². The zero-order valence-electron chi connectivity index (χ0n) is 12.5.